The average Bonchev–Trinajstić information content (AvgIpc) is 3.77. The van der Waals surface area contributed by atoms with Crippen molar-refractivity contribution in [2.45, 2.75) is 0 Å². The zero-order chi connectivity index (χ0) is 33.5. The maximum Gasteiger partial charge on any atom is 0.266 e. The van der Waals surface area contributed by atoms with Crippen molar-refractivity contribution < 1.29 is 0 Å². The summed E-state index contributed by atoms with van der Waals surface area (Å²) in [4.78, 5) is 5.08. The summed E-state index contributed by atoms with van der Waals surface area (Å²) in [6.07, 6.45) is 0. The molecular formula is C46H29BN2S2. The minimum absolute atomic E-state index is 0.100. The fourth-order valence-electron chi connectivity index (χ4n) is 8.26. The predicted octanol–water partition coefficient (Wildman–Crippen LogP) is 11.5. The van der Waals surface area contributed by atoms with Crippen molar-refractivity contribution in [1.29, 1.82) is 0 Å². The molecule has 2 nitrogen and oxygen atoms in total. The summed E-state index contributed by atoms with van der Waals surface area (Å²) in [5.41, 5.74) is 13.8. The summed E-state index contributed by atoms with van der Waals surface area (Å²) in [7, 11) is 0. The van der Waals surface area contributed by atoms with Crippen molar-refractivity contribution in [2.75, 3.05) is 9.80 Å². The fourth-order valence-corrected chi connectivity index (χ4v) is 10.8. The second kappa shape index (κ2) is 11.3. The molecule has 0 N–H and O–H groups in total. The number of hydrogen-bond donors (Lipinski definition) is 0. The number of benzene rings is 7. The van der Waals surface area contributed by atoms with E-state index in [0.29, 0.717) is 0 Å². The van der Waals surface area contributed by atoms with Gasteiger partial charge < -0.3 is 9.80 Å². The molecule has 0 spiro atoms. The van der Waals surface area contributed by atoms with Gasteiger partial charge in [0.15, 0.2) is 0 Å². The van der Waals surface area contributed by atoms with Crippen molar-refractivity contribution >= 4 is 98.7 Å². The van der Waals surface area contributed by atoms with E-state index >= 15 is 0 Å². The molecule has 0 aliphatic carbocycles. The first-order chi connectivity index (χ1) is 25.3. The SMILES string of the molecule is c1ccc(-c2cccc(N3c4cccc5c4B(c4sc6ccc(-c7ccccc7)cc6c43)c3c(sc4ccccc34)N5c3ccccc3)c2)cc1. The van der Waals surface area contributed by atoms with E-state index in [1.165, 1.54) is 91.6 Å². The summed E-state index contributed by atoms with van der Waals surface area (Å²) >= 11 is 3.87. The van der Waals surface area contributed by atoms with Gasteiger partial charge in [0.05, 0.1) is 10.7 Å². The number of fused-ring (bicyclic) bond motifs is 8. The van der Waals surface area contributed by atoms with Crippen LogP contribution < -0.4 is 25.5 Å². The molecule has 2 aliphatic rings. The molecule has 0 atom stereocenters. The predicted molar refractivity (Wildman–Crippen MR) is 222 cm³/mol. The van der Waals surface area contributed by atoms with E-state index in [9.17, 15) is 0 Å². The summed E-state index contributed by atoms with van der Waals surface area (Å²) in [5.74, 6) is 0. The first-order valence-corrected chi connectivity index (χ1v) is 19.0. The Morgan fingerprint density at radius 3 is 1.75 bits per heavy atom. The van der Waals surface area contributed by atoms with Crippen LogP contribution in [0.2, 0.25) is 0 Å². The number of hydrogen-bond acceptors (Lipinski definition) is 4. The van der Waals surface area contributed by atoms with Crippen LogP contribution >= 0.6 is 22.7 Å². The van der Waals surface area contributed by atoms with Gasteiger partial charge in [0, 0.05) is 42.3 Å². The molecule has 0 amide bonds. The van der Waals surface area contributed by atoms with Crippen LogP contribution in [-0.2, 0) is 0 Å². The molecule has 0 saturated heterocycles. The van der Waals surface area contributed by atoms with Gasteiger partial charge in [0.2, 0.25) is 0 Å². The minimum atomic E-state index is 0.100. The molecule has 4 heterocycles. The zero-order valence-electron chi connectivity index (χ0n) is 27.5. The van der Waals surface area contributed by atoms with Gasteiger partial charge in [-0.1, -0.05) is 121 Å². The van der Waals surface area contributed by atoms with Gasteiger partial charge in [-0.2, -0.15) is 0 Å². The van der Waals surface area contributed by atoms with Crippen molar-refractivity contribution in [1.82, 2.24) is 0 Å². The molecule has 238 valence electrons. The highest BCUT2D eigenvalue weighted by Gasteiger charge is 2.46. The molecule has 0 bridgehead atoms. The largest absolute Gasteiger partial charge is 0.310 e. The lowest BCUT2D eigenvalue weighted by atomic mass is 9.36. The van der Waals surface area contributed by atoms with E-state index < -0.39 is 0 Å². The molecule has 0 saturated carbocycles. The van der Waals surface area contributed by atoms with Gasteiger partial charge in [0.1, 0.15) is 0 Å². The van der Waals surface area contributed by atoms with Gasteiger partial charge in [-0.05, 0) is 93.2 Å². The highest BCUT2D eigenvalue weighted by molar-refractivity contribution is 7.35. The van der Waals surface area contributed by atoms with E-state index in [-0.39, 0.29) is 6.71 Å². The summed E-state index contributed by atoms with van der Waals surface area (Å²) in [6, 6.07) is 64.5. The number of nitrogens with zero attached hydrogens (tertiary/aromatic N) is 2. The van der Waals surface area contributed by atoms with E-state index in [1.807, 2.05) is 22.7 Å². The van der Waals surface area contributed by atoms with Crippen LogP contribution in [0.1, 0.15) is 0 Å². The Hall–Kier alpha value is -5.88. The summed E-state index contributed by atoms with van der Waals surface area (Å²) in [5, 5.41) is 3.95. The maximum absolute atomic E-state index is 2.56. The number of para-hydroxylation sites is 1. The van der Waals surface area contributed by atoms with Gasteiger partial charge in [-0.15, -0.1) is 22.7 Å². The first kappa shape index (κ1) is 28.9. The van der Waals surface area contributed by atoms with Gasteiger partial charge >= 0.3 is 0 Å². The third-order valence-corrected chi connectivity index (χ3v) is 12.8. The molecule has 9 aromatic rings. The van der Waals surface area contributed by atoms with Gasteiger partial charge in [0.25, 0.3) is 6.71 Å². The molecule has 7 aromatic carbocycles. The monoisotopic (exact) mass is 684 g/mol. The Morgan fingerprint density at radius 2 is 0.980 bits per heavy atom. The molecule has 51 heavy (non-hydrogen) atoms. The van der Waals surface area contributed by atoms with E-state index in [2.05, 4.69) is 186 Å². The Kier molecular flexibility index (Phi) is 6.42. The molecule has 5 heteroatoms. The Morgan fingerprint density at radius 1 is 0.392 bits per heavy atom. The van der Waals surface area contributed by atoms with Crippen LogP contribution in [0.15, 0.2) is 176 Å². The summed E-state index contributed by atoms with van der Waals surface area (Å²) < 4.78 is 4.03. The van der Waals surface area contributed by atoms with Crippen LogP contribution in [0.3, 0.4) is 0 Å². The lowest BCUT2D eigenvalue weighted by molar-refractivity contribution is 1.28. The highest BCUT2D eigenvalue weighted by Crippen LogP contribution is 2.50. The molecule has 11 rings (SSSR count). The lowest BCUT2D eigenvalue weighted by Crippen LogP contribution is -2.60. The van der Waals surface area contributed by atoms with Crippen LogP contribution in [0.5, 0.6) is 0 Å². The Labute approximate surface area is 305 Å². The second-order valence-corrected chi connectivity index (χ2v) is 15.4. The second-order valence-electron chi connectivity index (χ2n) is 13.3. The van der Waals surface area contributed by atoms with Crippen LogP contribution in [0, 0.1) is 0 Å². The molecular weight excluding hydrogens is 655 g/mol. The van der Waals surface area contributed by atoms with Crippen molar-refractivity contribution in [3.8, 4) is 22.3 Å². The highest BCUT2D eigenvalue weighted by atomic mass is 32.1. The van der Waals surface area contributed by atoms with Crippen molar-refractivity contribution in [2.24, 2.45) is 0 Å². The fraction of sp³-hybridized carbons (Fsp3) is 0. The van der Waals surface area contributed by atoms with Crippen LogP contribution in [0.25, 0.3) is 42.4 Å². The number of thiophene rings is 2. The number of rotatable bonds is 4. The minimum Gasteiger partial charge on any atom is -0.310 e. The standard InChI is InChI=1S/C46H29BN2S2/c1-4-14-30(15-5-1)32-18-12-21-35(28-32)48-38-23-13-24-39-43(38)47(45-44(48)37-29-33(26-27-41(37)50-45)31-16-6-2-7-17-31)42-36-22-10-11-25-40(36)51-46(42)49(39)34-19-8-3-9-20-34/h1-29H. The molecule has 0 radical (unpaired) electrons. The zero-order valence-corrected chi connectivity index (χ0v) is 29.2. The topological polar surface area (TPSA) is 6.48 Å². The Bertz CT molecular complexity index is 2770. The molecule has 2 aliphatic heterocycles. The van der Waals surface area contributed by atoms with Gasteiger partial charge in [-0.25, -0.2) is 0 Å². The molecule has 2 aromatic heterocycles. The number of anilines is 6. The van der Waals surface area contributed by atoms with E-state index in [1.54, 1.807) is 0 Å². The van der Waals surface area contributed by atoms with E-state index in [4.69, 9.17) is 0 Å². The third kappa shape index (κ3) is 4.35. The van der Waals surface area contributed by atoms with Crippen LogP contribution in [0.4, 0.5) is 33.4 Å². The third-order valence-electron chi connectivity index (χ3n) is 10.4. The molecule has 0 unspecified atom stereocenters. The van der Waals surface area contributed by atoms with Gasteiger partial charge in [-0.3, -0.25) is 0 Å². The van der Waals surface area contributed by atoms with Crippen LogP contribution in [-0.4, -0.2) is 6.71 Å². The smallest absolute Gasteiger partial charge is 0.266 e. The first-order valence-electron chi connectivity index (χ1n) is 17.4. The van der Waals surface area contributed by atoms with E-state index in [0.717, 1.165) is 0 Å². The average molecular weight is 685 g/mol. The Balaban J connectivity index is 1.25. The maximum atomic E-state index is 2.56. The van der Waals surface area contributed by atoms with Crippen molar-refractivity contribution in [3.63, 3.8) is 0 Å². The quantitative estimate of drug-likeness (QED) is 0.170. The van der Waals surface area contributed by atoms with Crippen molar-refractivity contribution in [3.05, 3.63) is 176 Å². The lowest BCUT2D eigenvalue weighted by Gasteiger charge is -2.42. The summed E-state index contributed by atoms with van der Waals surface area (Å²) in [6.45, 7) is 0.100. The normalized spacial score (nSPS) is 13.0. The molecule has 0 fully saturated rings.